The molecule has 0 aliphatic rings. The molecule has 0 bridgehead atoms. The van der Waals surface area contributed by atoms with Gasteiger partial charge >= 0.3 is 0 Å². The minimum atomic E-state index is -0.271. The van der Waals surface area contributed by atoms with E-state index in [1.165, 1.54) is 17.7 Å². The Morgan fingerprint density at radius 2 is 1.67 bits per heavy atom. The van der Waals surface area contributed by atoms with Gasteiger partial charge in [0.05, 0.1) is 14.6 Å². The summed E-state index contributed by atoms with van der Waals surface area (Å²) >= 11 is 7.08. The predicted molar refractivity (Wildman–Crippen MR) is 116 cm³/mol. The van der Waals surface area contributed by atoms with Gasteiger partial charge in [0, 0.05) is 6.21 Å². The Labute approximate surface area is 175 Å². The van der Waals surface area contributed by atoms with Crippen LogP contribution in [0.4, 0.5) is 10.1 Å². The van der Waals surface area contributed by atoms with Gasteiger partial charge in [0.2, 0.25) is 0 Å². The molecule has 3 rings (SSSR count). The van der Waals surface area contributed by atoms with E-state index in [-0.39, 0.29) is 12.4 Å². The van der Waals surface area contributed by atoms with E-state index in [4.69, 9.17) is 4.74 Å². The Kier molecular flexibility index (Phi) is 6.80. The molecule has 0 amide bonds. The average molecular weight is 491 g/mol. The predicted octanol–water partition coefficient (Wildman–Crippen LogP) is 7.24. The number of nitrogens with zero attached hydrogens (tertiary/aromatic N) is 1. The first-order valence-corrected chi connectivity index (χ1v) is 10.1. The number of aliphatic imine (C=N–C) groups is 1. The maximum absolute atomic E-state index is 13.3. The molecule has 3 aromatic carbocycles. The lowest BCUT2D eigenvalue weighted by Crippen LogP contribution is -1.98. The Morgan fingerprint density at radius 1 is 0.963 bits per heavy atom. The van der Waals surface area contributed by atoms with E-state index in [9.17, 15) is 4.39 Å². The van der Waals surface area contributed by atoms with Crippen molar-refractivity contribution in [2.45, 2.75) is 20.0 Å². The number of hydrogen-bond acceptors (Lipinski definition) is 2. The number of hydrogen-bond donors (Lipinski definition) is 0. The Hall–Kier alpha value is -1.98. The van der Waals surface area contributed by atoms with Crippen LogP contribution in [0, 0.1) is 5.82 Å². The van der Waals surface area contributed by atoms with Crippen LogP contribution in [0.15, 0.2) is 74.6 Å². The molecule has 0 saturated carbocycles. The summed E-state index contributed by atoms with van der Waals surface area (Å²) in [5.74, 6) is 0.400. The van der Waals surface area contributed by atoms with Crippen molar-refractivity contribution in [2.75, 3.05) is 0 Å². The summed E-state index contributed by atoms with van der Waals surface area (Å²) in [5.41, 5.74) is 3.91. The molecule has 0 fully saturated rings. The molecule has 0 radical (unpaired) electrons. The minimum absolute atomic E-state index is 0.271. The molecule has 0 heterocycles. The lowest BCUT2D eigenvalue weighted by molar-refractivity contribution is 0.301. The standard InChI is InChI=1S/C22H18Br2FNO/c1-2-15-6-8-19(9-7-15)26-13-17-11-20(23)22(21(24)12-17)27-14-16-4-3-5-18(25)10-16/h3-13H,2,14H2,1H3. The van der Waals surface area contributed by atoms with Crippen LogP contribution >= 0.6 is 31.9 Å². The number of aryl methyl sites for hydroxylation is 1. The zero-order chi connectivity index (χ0) is 19.2. The van der Waals surface area contributed by atoms with Crippen LogP contribution in [0.2, 0.25) is 0 Å². The van der Waals surface area contributed by atoms with E-state index >= 15 is 0 Å². The molecule has 2 nitrogen and oxygen atoms in total. The fraction of sp³-hybridized carbons (Fsp3) is 0.136. The van der Waals surface area contributed by atoms with Gasteiger partial charge in [-0.3, -0.25) is 4.99 Å². The molecule has 0 aliphatic carbocycles. The topological polar surface area (TPSA) is 21.6 Å². The third kappa shape index (κ3) is 5.50. The second-order valence-corrected chi connectivity index (χ2v) is 7.72. The zero-order valence-electron chi connectivity index (χ0n) is 14.8. The second-order valence-electron chi connectivity index (χ2n) is 6.01. The maximum Gasteiger partial charge on any atom is 0.148 e. The Bertz CT molecular complexity index is 932. The molecule has 0 atom stereocenters. The number of ether oxygens (including phenoxy) is 1. The van der Waals surface area contributed by atoms with E-state index in [0.717, 1.165) is 32.2 Å². The van der Waals surface area contributed by atoms with Gasteiger partial charge in [-0.05, 0) is 91.4 Å². The third-order valence-electron chi connectivity index (χ3n) is 4.00. The fourth-order valence-electron chi connectivity index (χ4n) is 2.54. The normalized spacial score (nSPS) is 11.1. The first-order valence-electron chi connectivity index (χ1n) is 8.54. The van der Waals surface area contributed by atoms with Crippen LogP contribution in [0.25, 0.3) is 0 Å². The molecular weight excluding hydrogens is 473 g/mol. The Morgan fingerprint density at radius 3 is 2.30 bits per heavy atom. The lowest BCUT2D eigenvalue weighted by Gasteiger charge is -2.11. The van der Waals surface area contributed by atoms with E-state index < -0.39 is 0 Å². The van der Waals surface area contributed by atoms with Crippen LogP contribution in [-0.4, -0.2) is 6.21 Å². The number of halogens is 3. The molecular formula is C22H18Br2FNO. The lowest BCUT2D eigenvalue weighted by atomic mass is 10.1. The number of rotatable bonds is 6. The summed E-state index contributed by atoms with van der Waals surface area (Å²) in [6.07, 6.45) is 2.83. The largest absolute Gasteiger partial charge is 0.487 e. The summed E-state index contributed by atoms with van der Waals surface area (Å²) in [6, 6.07) is 18.5. The maximum atomic E-state index is 13.3. The van der Waals surface area contributed by atoms with Gasteiger partial charge in [0.1, 0.15) is 18.2 Å². The number of benzene rings is 3. The van der Waals surface area contributed by atoms with Crippen molar-refractivity contribution in [1.29, 1.82) is 0 Å². The van der Waals surface area contributed by atoms with Crippen LogP contribution in [-0.2, 0) is 13.0 Å². The summed E-state index contributed by atoms with van der Waals surface area (Å²) in [6.45, 7) is 2.41. The van der Waals surface area contributed by atoms with E-state index in [2.05, 4.69) is 55.9 Å². The molecule has 0 aliphatic heterocycles. The van der Waals surface area contributed by atoms with E-state index in [0.29, 0.717) is 5.75 Å². The molecule has 0 saturated heterocycles. The average Bonchev–Trinajstić information content (AvgIpc) is 2.66. The van der Waals surface area contributed by atoms with E-state index in [1.807, 2.05) is 36.5 Å². The van der Waals surface area contributed by atoms with Crippen molar-refractivity contribution in [1.82, 2.24) is 0 Å². The third-order valence-corrected chi connectivity index (χ3v) is 5.18. The summed E-state index contributed by atoms with van der Waals surface area (Å²) in [4.78, 5) is 4.52. The first kappa shape index (κ1) is 19.8. The van der Waals surface area contributed by atoms with Gasteiger partial charge in [-0.2, -0.15) is 0 Å². The van der Waals surface area contributed by atoms with Gasteiger partial charge in [-0.15, -0.1) is 0 Å². The summed E-state index contributed by atoms with van der Waals surface area (Å²) in [5, 5.41) is 0. The molecule has 0 aromatic heterocycles. The van der Waals surface area contributed by atoms with Crippen molar-refractivity contribution in [3.63, 3.8) is 0 Å². The Balaban J connectivity index is 1.72. The van der Waals surface area contributed by atoms with Crippen LogP contribution in [0.5, 0.6) is 5.75 Å². The highest BCUT2D eigenvalue weighted by atomic mass is 79.9. The van der Waals surface area contributed by atoms with Crippen LogP contribution in [0.3, 0.4) is 0 Å². The van der Waals surface area contributed by atoms with Gasteiger partial charge in [-0.25, -0.2) is 4.39 Å². The molecule has 0 unspecified atom stereocenters. The first-order chi connectivity index (χ1) is 13.0. The van der Waals surface area contributed by atoms with E-state index in [1.54, 1.807) is 6.07 Å². The highest BCUT2D eigenvalue weighted by Gasteiger charge is 2.09. The van der Waals surface area contributed by atoms with Gasteiger partial charge in [0.25, 0.3) is 0 Å². The minimum Gasteiger partial charge on any atom is -0.487 e. The molecule has 0 N–H and O–H groups in total. The van der Waals surface area contributed by atoms with Crippen LogP contribution in [0.1, 0.15) is 23.6 Å². The molecule has 0 spiro atoms. The van der Waals surface area contributed by atoms with Crippen molar-refractivity contribution in [3.05, 3.63) is 92.1 Å². The second kappa shape index (κ2) is 9.29. The van der Waals surface area contributed by atoms with Gasteiger partial charge < -0.3 is 4.74 Å². The quantitative estimate of drug-likeness (QED) is 0.333. The van der Waals surface area contributed by atoms with Crippen LogP contribution < -0.4 is 4.74 Å². The molecule has 138 valence electrons. The monoisotopic (exact) mass is 489 g/mol. The van der Waals surface area contributed by atoms with Gasteiger partial charge in [-0.1, -0.05) is 31.2 Å². The smallest absolute Gasteiger partial charge is 0.148 e. The molecule has 5 heteroatoms. The summed E-state index contributed by atoms with van der Waals surface area (Å²) < 4.78 is 20.7. The molecule has 3 aromatic rings. The molecule has 27 heavy (non-hydrogen) atoms. The SMILES string of the molecule is CCc1ccc(N=Cc2cc(Br)c(OCc3cccc(F)c3)c(Br)c2)cc1. The van der Waals surface area contributed by atoms with Crippen molar-refractivity contribution in [3.8, 4) is 5.75 Å². The van der Waals surface area contributed by atoms with Crippen molar-refractivity contribution < 1.29 is 9.13 Å². The van der Waals surface area contributed by atoms with Crippen molar-refractivity contribution >= 4 is 43.8 Å². The zero-order valence-corrected chi connectivity index (χ0v) is 17.9. The fourth-order valence-corrected chi connectivity index (χ4v) is 3.99. The highest BCUT2D eigenvalue weighted by molar-refractivity contribution is 9.11. The summed E-state index contributed by atoms with van der Waals surface area (Å²) in [7, 11) is 0. The highest BCUT2D eigenvalue weighted by Crippen LogP contribution is 2.35. The van der Waals surface area contributed by atoms with Gasteiger partial charge in [0.15, 0.2) is 0 Å². The van der Waals surface area contributed by atoms with Crippen molar-refractivity contribution in [2.24, 2.45) is 4.99 Å².